The van der Waals surface area contributed by atoms with Gasteiger partial charge in [-0.3, -0.25) is 0 Å². The molecule has 224 valence electrons. The Balaban J connectivity index is 0.000000276. The maximum Gasteiger partial charge on any atom is 0.106 e. The van der Waals surface area contributed by atoms with Gasteiger partial charge in [0.25, 0.3) is 0 Å². The summed E-state index contributed by atoms with van der Waals surface area (Å²) < 4.78 is 0. The van der Waals surface area contributed by atoms with E-state index in [0.29, 0.717) is 28.2 Å². The highest BCUT2D eigenvalue weighted by Crippen LogP contribution is 2.66. The van der Waals surface area contributed by atoms with Crippen molar-refractivity contribution in [2.45, 2.75) is 132 Å². The van der Waals surface area contributed by atoms with Crippen LogP contribution in [0.4, 0.5) is 0 Å². The SMILES string of the molecule is C=C1C=C2CCC3C(CCC4(C)C(C(C)=N)CCC34)C2(C)CC1.C=O.CCC1CC(C)(C)CN1.CNC(C)C. The van der Waals surface area contributed by atoms with Crippen molar-refractivity contribution >= 4 is 12.5 Å². The molecule has 0 aromatic heterocycles. The molecule has 5 aliphatic rings. The second-order valence-electron chi connectivity index (χ2n) is 14.8. The van der Waals surface area contributed by atoms with Crippen molar-refractivity contribution in [2.75, 3.05) is 13.6 Å². The van der Waals surface area contributed by atoms with Gasteiger partial charge in [-0.25, -0.2) is 0 Å². The van der Waals surface area contributed by atoms with Crippen LogP contribution in [0.1, 0.15) is 120 Å². The predicted octanol–water partition coefficient (Wildman–Crippen LogP) is 8.38. The van der Waals surface area contributed by atoms with Crippen molar-refractivity contribution < 1.29 is 4.79 Å². The van der Waals surface area contributed by atoms with E-state index in [-0.39, 0.29) is 0 Å². The zero-order valence-corrected chi connectivity index (χ0v) is 27.1. The van der Waals surface area contributed by atoms with Crippen molar-refractivity contribution in [1.29, 1.82) is 5.41 Å². The van der Waals surface area contributed by atoms with Gasteiger partial charge in [0.2, 0.25) is 0 Å². The number of hydrogen-bond acceptors (Lipinski definition) is 4. The molecule has 1 aliphatic heterocycles. The van der Waals surface area contributed by atoms with E-state index in [1.165, 1.54) is 76.3 Å². The molecule has 4 aliphatic carbocycles. The minimum absolute atomic E-state index is 0.419. The average Bonchev–Trinajstić information content (AvgIpc) is 3.44. The molecule has 7 atom stereocenters. The van der Waals surface area contributed by atoms with E-state index in [9.17, 15) is 0 Å². The smallest absolute Gasteiger partial charge is 0.106 e. The van der Waals surface area contributed by atoms with Crippen LogP contribution in [0.3, 0.4) is 0 Å². The largest absolute Gasteiger partial charge is 0.318 e. The standard InChI is InChI=1S/C22H33N.C8H17N.C4H11N.CH2O/c1-14-9-11-21(3)16(13-14)5-6-17-19-8-7-18(15(2)23)22(19,4)12-10-20(17)21;1-4-7-5-8(2,3)6-9-7;1-4(2)5-3;1-2/h13,17-20,23H,1,5-12H2,2-4H3;7,9H,4-6H2,1-3H3;4-5H,1-3H3;1H2. The summed E-state index contributed by atoms with van der Waals surface area (Å²) in [6.07, 6.45) is 15.7. The van der Waals surface area contributed by atoms with Gasteiger partial charge in [-0.1, -0.05) is 72.3 Å². The minimum Gasteiger partial charge on any atom is -0.318 e. The molecule has 4 fully saturated rings. The third-order valence-corrected chi connectivity index (χ3v) is 11.3. The number of carbonyl (C=O) groups excluding carboxylic acids is 1. The van der Waals surface area contributed by atoms with E-state index in [1.54, 1.807) is 5.57 Å². The summed E-state index contributed by atoms with van der Waals surface area (Å²) in [5.74, 6) is 3.23. The minimum atomic E-state index is 0.419. The fourth-order valence-corrected chi connectivity index (χ4v) is 8.88. The van der Waals surface area contributed by atoms with Crippen molar-refractivity contribution in [3.8, 4) is 0 Å². The van der Waals surface area contributed by atoms with Gasteiger partial charge in [-0.15, -0.1) is 0 Å². The lowest BCUT2D eigenvalue weighted by Crippen LogP contribution is -2.50. The van der Waals surface area contributed by atoms with E-state index in [2.05, 4.69) is 78.7 Å². The molecule has 0 spiro atoms. The Labute approximate surface area is 242 Å². The Morgan fingerprint density at radius 2 is 1.72 bits per heavy atom. The second-order valence-corrected chi connectivity index (χ2v) is 14.8. The lowest BCUT2D eigenvalue weighted by molar-refractivity contribution is -0.0980. The number of allylic oxidation sites excluding steroid dienone is 3. The van der Waals surface area contributed by atoms with Crippen molar-refractivity contribution in [3.63, 3.8) is 0 Å². The van der Waals surface area contributed by atoms with Crippen LogP contribution in [-0.2, 0) is 4.79 Å². The van der Waals surface area contributed by atoms with Crippen LogP contribution >= 0.6 is 0 Å². The average molecular weight is 542 g/mol. The Morgan fingerprint density at radius 1 is 1.08 bits per heavy atom. The predicted molar refractivity (Wildman–Crippen MR) is 170 cm³/mol. The summed E-state index contributed by atoms with van der Waals surface area (Å²) in [6.45, 7) is 25.7. The van der Waals surface area contributed by atoms with Crippen LogP contribution in [0.15, 0.2) is 23.8 Å². The molecule has 3 saturated carbocycles. The maximum atomic E-state index is 8.26. The third-order valence-electron chi connectivity index (χ3n) is 11.3. The van der Waals surface area contributed by atoms with E-state index >= 15 is 0 Å². The van der Waals surface area contributed by atoms with Crippen molar-refractivity contribution in [2.24, 2.45) is 39.9 Å². The van der Waals surface area contributed by atoms with Gasteiger partial charge in [0.05, 0.1) is 0 Å². The lowest BCUT2D eigenvalue weighted by atomic mass is 9.46. The van der Waals surface area contributed by atoms with Crippen LogP contribution in [-0.4, -0.2) is 38.2 Å². The number of rotatable bonds is 3. The van der Waals surface area contributed by atoms with E-state index in [1.807, 2.05) is 13.8 Å². The Kier molecular flexibility index (Phi) is 12.3. The summed E-state index contributed by atoms with van der Waals surface area (Å²) in [7, 11) is 1.95. The lowest BCUT2D eigenvalue weighted by Gasteiger charge is -2.58. The Bertz CT molecular complexity index is 860. The number of carbonyl (C=O) groups is 1. The van der Waals surface area contributed by atoms with Crippen LogP contribution in [0.25, 0.3) is 0 Å². The Morgan fingerprint density at radius 3 is 2.21 bits per heavy atom. The topological polar surface area (TPSA) is 65.0 Å². The van der Waals surface area contributed by atoms with Gasteiger partial charge in [0, 0.05) is 30.3 Å². The monoisotopic (exact) mass is 541 g/mol. The molecule has 3 N–H and O–H groups in total. The molecule has 0 amide bonds. The first-order chi connectivity index (χ1) is 18.3. The molecular weight excluding hydrogens is 478 g/mol. The van der Waals surface area contributed by atoms with Crippen LogP contribution < -0.4 is 10.6 Å². The summed E-state index contributed by atoms with van der Waals surface area (Å²) in [6, 6.07) is 1.43. The van der Waals surface area contributed by atoms with Gasteiger partial charge in [0.15, 0.2) is 0 Å². The molecule has 1 saturated heterocycles. The highest BCUT2D eigenvalue weighted by Gasteiger charge is 2.58. The molecule has 4 heteroatoms. The zero-order chi connectivity index (χ0) is 29.6. The molecule has 0 aromatic carbocycles. The maximum absolute atomic E-state index is 8.26. The molecule has 7 unspecified atom stereocenters. The fourth-order valence-electron chi connectivity index (χ4n) is 8.88. The summed E-state index contributed by atoms with van der Waals surface area (Å²) in [5.41, 5.74) is 5.45. The quantitative estimate of drug-likeness (QED) is 0.314. The van der Waals surface area contributed by atoms with Gasteiger partial charge in [-0.2, -0.15) is 0 Å². The van der Waals surface area contributed by atoms with E-state index < -0.39 is 0 Å². The van der Waals surface area contributed by atoms with Crippen LogP contribution in [0.5, 0.6) is 0 Å². The first kappa shape index (κ1) is 33.9. The summed E-state index contributed by atoms with van der Waals surface area (Å²) in [4.78, 5) is 8.00. The van der Waals surface area contributed by atoms with E-state index in [4.69, 9.17) is 10.2 Å². The van der Waals surface area contributed by atoms with Crippen LogP contribution in [0, 0.1) is 45.3 Å². The number of nitrogens with one attached hydrogen (secondary N) is 3. The van der Waals surface area contributed by atoms with Gasteiger partial charge >= 0.3 is 0 Å². The van der Waals surface area contributed by atoms with Crippen molar-refractivity contribution in [1.82, 2.24) is 10.6 Å². The fraction of sp³-hybridized carbons (Fsp3) is 0.829. The first-order valence-corrected chi connectivity index (χ1v) is 15.9. The number of fused-ring (bicyclic) bond motifs is 5. The number of hydrogen-bond donors (Lipinski definition) is 3. The Hall–Kier alpha value is -1.26. The molecule has 4 nitrogen and oxygen atoms in total. The first-order valence-electron chi connectivity index (χ1n) is 15.9. The molecule has 0 radical (unpaired) electrons. The molecule has 0 bridgehead atoms. The molecule has 5 rings (SSSR count). The van der Waals surface area contributed by atoms with Gasteiger partial charge < -0.3 is 20.8 Å². The van der Waals surface area contributed by atoms with Gasteiger partial charge in [-0.05, 0) is 112 Å². The van der Waals surface area contributed by atoms with E-state index in [0.717, 1.165) is 29.5 Å². The zero-order valence-electron chi connectivity index (χ0n) is 27.1. The third kappa shape index (κ3) is 7.73. The summed E-state index contributed by atoms with van der Waals surface area (Å²) >= 11 is 0. The van der Waals surface area contributed by atoms with Crippen LogP contribution in [0.2, 0.25) is 0 Å². The normalized spacial score (nSPS) is 37.8. The summed E-state index contributed by atoms with van der Waals surface area (Å²) in [5, 5.41) is 14.8. The molecule has 39 heavy (non-hydrogen) atoms. The molecular formula is C35H63N3O. The van der Waals surface area contributed by atoms with Gasteiger partial charge in [0.1, 0.15) is 6.79 Å². The highest BCUT2D eigenvalue weighted by atomic mass is 16.1. The molecule has 0 aromatic rings. The van der Waals surface area contributed by atoms with Crippen molar-refractivity contribution in [3.05, 3.63) is 23.8 Å². The second kappa shape index (κ2) is 14.1. The highest BCUT2D eigenvalue weighted by molar-refractivity contribution is 5.82. The molecule has 1 heterocycles.